The van der Waals surface area contributed by atoms with Crippen molar-refractivity contribution in [1.82, 2.24) is 4.90 Å². The number of nitrogens with zero attached hydrogens (tertiary/aromatic N) is 2. The van der Waals surface area contributed by atoms with E-state index in [-0.39, 0.29) is 11.3 Å². The lowest BCUT2D eigenvalue weighted by molar-refractivity contribution is -0.385. The van der Waals surface area contributed by atoms with Crippen molar-refractivity contribution in [2.45, 2.75) is 18.9 Å². The van der Waals surface area contributed by atoms with Crippen molar-refractivity contribution in [3.63, 3.8) is 0 Å². The molecule has 0 N–H and O–H groups in total. The van der Waals surface area contributed by atoms with Crippen molar-refractivity contribution in [3.8, 4) is 0 Å². The Kier molecular flexibility index (Phi) is 3.97. The van der Waals surface area contributed by atoms with Gasteiger partial charge in [0.1, 0.15) is 11.6 Å². The first-order valence-electron chi connectivity index (χ1n) is 6.18. The van der Waals surface area contributed by atoms with Gasteiger partial charge in [0.05, 0.1) is 12.0 Å². The topological polar surface area (TPSA) is 89.8 Å². The number of hydrogen-bond acceptors (Lipinski definition) is 5. The molecule has 1 aliphatic heterocycles. The zero-order chi connectivity index (χ0) is 14.7. The standard InChI is InChI=1S/C13H14N2O5/c1-20-13(17)11-7-4-8-14(11)12(16)9-5-2-3-6-10(9)15(18)19/h2-3,5-6,11H,4,7-8H2,1H3/t11-/m0/s1. The van der Waals surface area contributed by atoms with Gasteiger partial charge in [0.15, 0.2) is 0 Å². The number of likely N-dealkylation sites (tertiary alicyclic amines) is 1. The average molecular weight is 278 g/mol. The summed E-state index contributed by atoms with van der Waals surface area (Å²) in [7, 11) is 1.26. The van der Waals surface area contributed by atoms with E-state index >= 15 is 0 Å². The second-order valence-corrected chi connectivity index (χ2v) is 4.45. The van der Waals surface area contributed by atoms with E-state index in [1.807, 2.05) is 0 Å². The molecule has 20 heavy (non-hydrogen) atoms. The first kappa shape index (κ1) is 14.0. The van der Waals surface area contributed by atoms with E-state index < -0.39 is 22.8 Å². The van der Waals surface area contributed by atoms with Crippen molar-refractivity contribution >= 4 is 17.6 Å². The summed E-state index contributed by atoms with van der Waals surface area (Å²) in [5.74, 6) is -1.00. The number of methoxy groups -OCH3 is 1. The molecule has 7 heteroatoms. The molecule has 7 nitrogen and oxygen atoms in total. The fourth-order valence-corrected chi connectivity index (χ4v) is 2.36. The first-order chi connectivity index (χ1) is 9.56. The maximum absolute atomic E-state index is 12.4. The number of nitro groups is 1. The summed E-state index contributed by atoms with van der Waals surface area (Å²) < 4.78 is 4.66. The molecule has 1 heterocycles. The van der Waals surface area contributed by atoms with Gasteiger partial charge in [0.2, 0.25) is 0 Å². The number of esters is 1. The summed E-state index contributed by atoms with van der Waals surface area (Å²) in [5, 5.41) is 11.0. The number of amides is 1. The molecule has 1 saturated heterocycles. The van der Waals surface area contributed by atoms with Gasteiger partial charge in [-0.3, -0.25) is 14.9 Å². The highest BCUT2D eigenvalue weighted by atomic mass is 16.6. The zero-order valence-electron chi connectivity index (χ0n) is 10.9. The normalized spacial score (nSPS) is 17.9. The predicted octanol–water partition coefficient (Wildman–Crippen LogP) is 1.37. The highest BCUT2D eigenvalue weighted by Crippen LogP contribution is 2.25. The molecule has 1 amide bonds. The van der Waals surface area contributed by atoms with E-state index in [1.165, 1.54) is 30.2 Å². The van der Waals surface area contributed by atoms with Gasteiger partial charge in [-0.15, -0.1) is 0 Å². The number of nitro benzene ring substituents is 1. The quantitative estimate of drug-likeness (QED) is 0.473. The van der Waals surface area contributed by atoms with Gasteiger partial charge in [0.25, 0.3) is 11.6 Å². The van der Waals surface area contributed by atoms with E-state index in [0.29, 0.717) is 19.4 Å². The molecule has 1 aromatic rings. The van der Waals surface area contributed by atoms with Gasteiger partial charge < -0.3 is 9.64 Å². The Morgan fingerprint density at radius 3 is 2.75 bits per heavy atom. The van der Waals surface area contributed by atoms with Gasteiger partial charge >= 0.3 is 5.97 Å². The molecule has 1 atom stereocenters. The third kappa shape index (κ3) is 2.47. The summed E-state index contributed by atoms with van der Waals surface area (Å²) in [6.07, 6.45) is 1.19. The molecule has 2 rings (SSSR count). The van der Waals surface area contributed by atoms with Gasteiger partial charge in [0, 0.05) is 12.6 Å². The highest BCUT2D eigenvalue weighted by Gasteiger charge is 2.37. The lowest BCUT2D eigenvalue weighted by Gasteiger charge is -2.22. The second-order valence-electron chi connectivity index (χ2n) is 4.45. The molecule has 1 aromatic carbocycles. The molecule has 0 unspecified atom stereocenters. The van der Waals surface area contributed by atoms with E-state index in [9.17, 15) is 19.7 Å². The van der Waals surface area contributed by atoms with Crippen molar-refractivity contribution in [2.75, 3.05) is 13.7 Å². The van der Waals surface area contributed by atoms with Crippen LogP contribution in [-0.4, -0.2) is 41.4 Å². The SMILES string of the molecule is COC(=O)[C@@H]1CCCN1C(=O)c1ccccc1[N+](=O)[O-]. The Bertz CT molecular complexity index is 557. The Morgan fingerprint density at radius 1 is 1.40 bits per heavy atom. The van der Waals surface area contributed by atoms with Crippen molar-refractivity contribution in [3.05, 3.63) is 39.9 Å². The first-order valence-corrected chi connectivity index (χ1v) is 6.18. The summed E-state index contributed by atoms with van der Waals surface area (Å²) in [6.45, 7) is 0.394. The van der Waals surface area contributed by atoms with E-state index in [4.69, 9.17) is 0 Å². The monoisotopic (exact) mass is 278 g/mol. The lowest BCUT2D eigenvalue weighted by atomic mass is 10.1. The van der Waals surface area contributed by atoms with Crippen molar-refractivity contribution < 1.29 is 19.2 Å². The molecular weight excluding hydrogens is 264 g/mol. The maximum Gasteiger partial charge on any atom is 0.328 e. The highest BCUT2D eigenvalue weighted by molar-refractivity contribution is 6.00. The number of rotatable bonds is 3. The van der Waals surface area contributed by atoms with E-state index in [2.05, 4.69) is 4.74 Å². The molecule has 0 bridgehead atoms. The summed E-state index contributed by atoms with van der Waals surface area (Å²) in [4.78, 5) is 35.7. The molecular formula is C13H14N2O5. The number of para-hydroxylation sites is 1. The molecule has 0 saturated carbocycles. The zero-order valence-corrected chi connectivity index (χ0v) is 10.9. The van der Waals surface area contributed by atoms with E-state index in [1.54, 1.807) is 6.07 Å². The predicted molar refractivity (Wildman–Crippen MR) is 69.2 cm³/mol. The Balaban J connectivity index is 2.32. The molecule has 1 aliphatic rings. The van der Waals surface area contributed by atoms with Crippen LogP contribution in [0.15, 0.2) is 24.3 Å². The second kappa shape index (κ2) is 5.68. The summed E-state index contributed by atoms with van der Waals surface area (Å²) in [5.41, 5.74) is -0.263. The third-order valence-electron chi connectivity index (χ3n) is 3.32. The number of carbonyl (C=O) groups excluding carboxylic acids is 2. The van der Waals surface area contributed by atoms with Crippen LogP contribution in [0, 0.1) is 10.1 Å². The minimum atomic E-state index is -0.660. The largest absolute Gasteiger partial charge is 0.467 e. The van der Waals surface area contributed by atoms with Gasteiger partial charge in [-0.05, 0) is 18.9 Å². The minimum absolute atomic E-state index is 0.00620. The lowest BCUT2D eigenvalue weighted by Crippen LogP contribution is -2.41. The van der Waals surface area contributed by atoms with Gasteiger partial charge in [-0.2, -0.15) is 0 Å². The molecule has 0 spiro atoms. The number of carbonyl (C=O) groups is 2. The van der Waals surface area contributed by atoms with E-state index in [0.717, 1.165) is 0 Å². The molecule has 0 radical (unpaired) electrons. The van der Waals surface area contributed by atoms with Crippen LogP contribution in [0.3, 0.4) is 0 Å². The Morgan fingerprint density at radius 2 is 2.10 bits per heavy atom. The van der Waals surface area contributed by atoms with Crippen LogP contribution in [0.25, 0.3) is 0 Å². The molecule has 1 fully saturated rings. The van der Waals surface area contributed by atoms with Crippen LogP contribution in [0.2, 0.25) is 0 Å². The van der Waals surface area contributed by atoms with Crippen LogP contribution in [0.5, 0.6) is 0 Å². The third-order valence-corrected chi connectivity index (χ3v) is 3.32. The van der Waals surface area contributed by atoms with Crippen LogP contribution < -0.4 is 0 Å². The number of hydrogen-bond donors (Lipinski definition) is 0. The molecule has 0 aliphatic carbocycles. The number of benzene rings is 1. The number of ether oxygens (including phenoxy) is 1. The average Bonchev–Trinajstić information content (AvgIpc) is 2.95. The van der Waals surface area contributed by atoms with Gasteiger partial charge in [-0.25, -0.2) is 4.79 Å². The fourth-order valence-electron chi connectivity index (χ4n) is 2.36. The van der Waals surface area contributed by atoms with Gasteiger partial charge in [-0.1, -0.05) is 12.1 Å². The fraction of sp³-hybridized carbons (Fsp3) is 0.385. The van der Waals surface area contributed by atoms with Crippen molar-refractivity contribution in [1.29, 1.82) is 0 Å². The maximum atomic E-state index is 12.4. The van der Waals surface area contributed by atoms with Crippen LogP contribution in [0.1, 0.15) is 23.2 Å². The summed E-state index contributed by atoms with van der Waals surface area (Å²) >= 11 is 0. The van der Waals surface area contributed by atoms with Crippen molar-refractivity contribution in [2.24, 2.45) is 0 Å². The smallest absolute Gasteiger partial charge is 0.328 e. The van der Waals surface area contributed by atoms with Crippen LogP contribution in [-0.2, 0) is 9.53 Å². The minimum Gasteiger partial charge on any atom is -0.467 e. The molecule has 0 aromatic heterocycles. The molecule has 106 valence electrons. The van der Waals surface area contributed by atoms with Crippen LogP contribution in [0.4, 0.5) is 5.69 Å². The summed E-state index contributed by atoms with van der Waals surface area (Å²) in [6, 6.07) is 5.07. The Hall–Kier alpha value is -2.44. The van der Waals surface area contributed by atoms with Crippen LogP contribution >= 0.6 is 0 Å². The Labute approximate surface area is 115 Å².